The second-order valence-electron chi connectivity index (χ2n) is 5.07. The highest BCUT2D eigenvalue weighted by molar-refractivity contribution is 7.89. The Hall–Kier alpha value is -2.65. The third-order valence-corrected chi connectivity index (χ3v) is 4.70. The molecule has 2 rings (SSSR count). The number of methoxy groups -OCH3 is 1. The van der Waals surface area contributed by atoms with Crippen molar-refractivity contribution in [1.82, 2.24) is 10.0 Å². The Bertz CT molecular complexity index is 845. The minimum Gasteiger partial charge on any atom is -0.467 e. The maximum absolute atomic E-state index is 12.3. The second kappa shape index (κ2) is 7.95. The number of benzene rings is 1. The molecule has 1 heterocycles. The maximum atomic E-state index is 12.3. The second-order valence-corrected chi connectivity index (χ2v) is 6.88. The fraction of sp³-hybridized carbons (Fsp3) is 0.250. The highest BCUT2D eigenvalue weighted by atomic mass is 32.2. The molecule has 0 radical (unpaired) electrons. The van der Waals surface area contributed by atoms with Crippen molar-refractivity contribution in [3.05, 3.63) is 53.8 Å². The molecule has 0 saturated carbocycles. The van der Waals surface area contributed by atoms with E-state index in [1.807, 2.05) is 30.3 Å². The van der Waals surface area contributed by atoms with Crippen LogP contribution in [-0.2, 0) is 26.0 Å². The Morgan fingerprint density at radius 1 is 1.16 bits per heavy atom. The van der Waals surface area contributed by atoms with Crippen molar-refractivity contribution < 1.29 is 27.2 Å². The lowest BCUT2D eigenvalue weighted by Gasteiger charge is -2.15. The van der Waals surface area contributed by atoms with Gasteiger partial charge in [0.15, 0.2) is 5.76 Å². The number of carbonyl (C=O) groups is 2. The van der Waals surface area contributed by atoms with Gasteiger partial charge in [-0.1, -0.05) is 30.3 Å². The van der Waals surface area contributed by atoms with Gasteiger partial charge in [-0.05, 0) is 24.7 Å². The summed E-state index contributed by atoms with van der Waals surface area (Å²) in [6.07, 6.45) is 0.224. The van der Waals surface area contributed by atoms with Gasteiger partial charge in [0, 0.05) is 6.42 Å². The number of ether oxygens (including phenoxy) is 1. The summed E-state index contributed by atoms with van der Waals surface area (Å²) in [5, 5.41) is 2.10. The molecule has 1 aromatic carbocycles. The van der Waals surface area contributed by atoms with Crippen LogP contribution < -0.4 is 10.0 Å². The van der Waals surface area contributed by atoms with E-state index in [1.54, 1.807) is 0 Å². The topological polar surface area (TPSA) is 115 Å². The van der Waals surface area contributed by atoms with Gasteiger partial charge in [0.1, 0.15) is 6.04 Å². The number of hydrogen-bond donors (Lipinski definition) is 2. The first-order valence-electron chi connectivity index (χ1n) is 7.33. The fourth-order valence-corrected chi connectivity index (χ4v) is 2.75. The molecule has 0 unspecified atom stereocenters. The molecule has 2 N–H and O–H groups in total. The number of carbonyl (C=O) groups excluding carboxylic acids is 2. The fourth-order valence-electron chi connectivity index (χ4n) is 2.10. The smallest absolute Gasteiger partial charge is 0.328 e. The number of rotatable bonds is 7. The lowest BCUT2D eigenvalue weighted by atomic mass is 10.1. The molecule has 9 heteroatoms. The number of hydrogen-bond acceptors (Lipinski definition) is 6. The summed E-state index contributed by atoms with van der Waals surface area (Å²) in [4.78, 5) is 24.2. The SMILES string of the molecule is CNS(=O)(=O)c1ccc(C(=O)N[C@@H](Cc2ccccc2)C(=O)OC)o1. The van der Waals surface area contributed by atoms with Crippen LogP contribution in [0.25, 0.3) is 0 Å². The van der Waals surface area contributed by atoms with Gasteiger partial charge >= 0.3 is 5.97 Å². The maximum Gasteiger partial charge on any atom is 0.328 e. The Morgan fingerprint density at radius 3 is 2.44 bits per heavy atom. The predicted molar refractivity (Wildman–Crippen MR) is 88.4 cm³/mol. The molecule has 0 saturated heterocycles. The lowest BCUT2D eigenvalue weighted by molar-refractivity contribution is -0.142. The molecular formula is C16H18N2O6S. The minimum absolute atomic E-state index is 0.224. The molecule has 1 atom stereocenters. The van der Waals surface area contributed by atoms with Crippen LogP contribution in [0.5, 0.6) is 0 Å². The molecular weight excluding hydrogens is 348 g/mol. The summed E-state index contributed by atoms with van der Waals surface area (Å²) in [6, 6.07) is 10.5. The van der Waals surface area contributed by atoms with Crippen LogP contribution in [0.3, 0.4) is 0 Å². The van der Waals surface area contributed by atoms with E-state index >= 15 is 0 Å². The number of sulfonamides is 1. The predicted octanol–water partition coefficient (Wildman–Crippen LogP) is 0.702. The van der Waals surface area contributed by atoms with Crippen LogP contribution in [-0.4, -0.2) is 40.5 Å². The van der Waals surface area contributed by atoms with Gasteiger partial charge in [-0.2, -0.15) is 0 Å². The van der Waals surface area contributed by atoms with Gasteiger partial charge in [-0.3, -0.25) is 4.79 Å². The molecule has 0 aliphatic rings. The van der Waals surface area contributed by atoms with E-state index < -0.39 is 33.0 Å². The van der Waals surface area contributed by atoms with E-state index in [2.05, 4.69) is 10.0 Å². The van der Waals surface area contributed by atoms with Crippen LogP contribution >= 0.6 is 0 Å². The number of amides is 1. The van der Waals surface area contributed by atoms with Crippen molar-refractivity contribution in [1.29, 1.82) is 0 Å². The standard InChI is InChI=1S/C16H18N2O6S/c1-17-25(21,22)14-9-8-13(24-14)15(19)18-12(16(20)23-2)10-11-6-4-3-5-7-11/h3-9,12,17H,10H2,1-2H3,(H,18,19)/t12-/m0/s1. The van der Waals surface area contributed by atoms with E-state index in [1.165, 1.54) is 20.2 Å². The van der Waals surface area contributed by atoms with Crippen molar-refractivity contribution in [2.75, 3.05) is 14.2 Å². The zero-order chi connectivity index (χ0) is 18.4. The van der Waals surface area contributed by atoms with Crippen LogP contribution in [0, 0.1) is 0 Å². The van der Waals surface area contributed by atoms with Crippen molar-refractivity contribution in [2.24, 2.45) is 0 Å². The summed E-state index contributed by atoms with van der Waals surface area (Å²) < 4.78 is 35.1. The monoisotopic (exact) mass is 366 g/mol. The third kappa shape index (κ3) is 4.68. The van der Waals surface area contributed by atoms with Gasteiger partial charge in [0.25, 0.3) is 15.9 Å². The summed E-state index contributed by atoms with van der Waals surface area (Å²) in [6.45, 7) is 0. The number of nitrogens with one attached hydrogen (secondary N) is 2. The highest BCUT2D eigenvalue weighted by Crippen LogP contribution is 2.14. The quantitative estimate of drug-likeness (QED) is 0.697. The molecule has 2 aromatic rings. The molecule has 1 aromatic heterocycles. The van der Waals surface area contributed by atoms with Crippen LogP contribution in [0.4, 0.5) is 0 Å². The van der Waals surface area contributed by atoms with Gasteiger partial charge in [-0.15, -0.1) is 0 Å². The van der Waals surface area contributed by atoms with Crippen molar-refractivity contribution >= 4 is 21.9 Å². The molecule has 0 aliphatic heterocycles. The first kappa shape index (κ1) is 18.7. The van der Waals surface area contributed by atoms with E-state index in [9.17, 15) is 18.0 Å². The summed E-state index contributed by atoms with van der Waals surface area (Å²) in [7, 11) is -1.35. The highest BCUT2D eigenvalue weighted by Gasteiger charge is 2.25. The normalized spacial score (nSPS) is 12.4. The first-order valence-corrected chi connectivity index (χ1v) is 8.81. The Kier molecular flexibility index (Phi) is 5.94. The third-order valence-electron chi connectivity index (χ3n) is 3.41. The Morgan fingerprint density at radius 2 is 1.84 bits per heavy atom. The van der Waals surface area contributed by atoms with Gasteiger partial charge < -0.3 is 14.5 Å². The summed E-state index contributed by atoms with van der Waals surface area (Å²) in [5.74, 6) is -1.56. The first-order chi connectivity index (χ1) is 11.9. The van der Waals surface area contributed by atoms with Crippen molar-refractivity contribution in [3.8, 4) is 0 Å². The molecule has 0 aliphatic carbocycles. The average Bonchev–Trinajstić information content (AvgIpc) is 3.12. The molecule has 8 nitrogen and oxygen atoms in total. The molecule has 0 bridgehead atoms. The zero-order valence-corrected chi connectivity index (χ0v) is 14.5. The van der Waals surface area contributed by atoms with E-state index in [-0.39, 0.29) is 12.2 Å². The zero-order valence-electron chi connectivity index (χ0n) is 13.7. The molecule has 134 valence electrons. The Labute approximate surface area is 145 Å². The van der Waals surface area contributed by atoms with Gasteiger partial charge in [0.2, 0.25) is 5.09 Å². The molecule has 0 fully saturated rings. The van der Waals surface area contributed by atoms with E-state index in [0.29, 0.717) is 0 Å². The van der Waals surface area contributed by atoms with Gasteiger partial charge in [-0.25, -0.2) is 17.9 Å². The van der Waals surface area contributed by atoms with E-state index in [4.69, 9.17) is 9.15 Å². The summed E-state index contributed by atoms with van der Waals surface area (Å²) in [5.41, 5.74) is 0.830. The van der Waals surface area contributed by atoms with E-state index in [0.717, 1.165) is 11.6 Å². The number of furan rings is 1. The molecule has 1 amide bonds. The average molecular weight is 366 g/mol. The van der Waals surface area contributed by atoms with Crippen LogP contribution in [0.2, 0.25) is 0 Å². The van der Waals surface area contributed by atoms with Crippen molar-refractivity contribution in [3.63, 3.8) is 0 Å². The minimum atomic E-state index is -3.80. The molecule has 0 spiro atoms. The molecule has 25 heavy (non-hydrogen) atoms. The van der Waals surface area contributed by atoms with Crippen LogP contribution in [0.15, 0.2) is 52.0 Å². The van der Waals surface area contributed by atoms with Gasteiger partial charge in [0.05, 0.1) is 7.11 Å². The largest absolute Gasteiger partial charge is 0.467 e. The van der Waals surface area contributed by atoms with Crippen LogP contribution in [0.1, 0.15) is 16.1 Å². The number of esters is 1. The van der Waals surface area contributed by atoms with Crippen molar-refractivity contribution in [2.45, 2.75) is 17.6 Å². The summed E-state index contributed by atoms with van der Waals surface area (Å²) >= 11 is 0. The lowest BCUT2D eigenvalue weighted by Crippen LogP contribution is -2.43. The Balaban J connectivity index is 2.15.